The van der Waals surface area contributed by atoms with Crippen molar-refractivity contribution in [2.75, 3.05) is 42.6 Å². The molecular weight excluding hydrogens is 417 g/mol. The van der Waals surface area contributed by atoms with Crippen molar-refractivity contribution in [2.24, 2.45) is 5.73 Å². The van der Waals surface area contributed by atoms with Crippen molar-refractivity contribution in [1.82, 2.24) is 0 Å². The molecule has 2 fully saturated rings. The Balaban J connectivity index is 0.000000174. The van der Waals surface area contributed by atoms with Crippen LogP contribution < -0.4 is 15.5 Å². The van der Waals surface area contributed by atoms with Gasteiger partial charge in [0.05, 0.1) is 31.1 Å². The van der Waals surface area contributed by atoms with Gasteiger partial charge in [0, 0.05) is 18.5 Å². The van der Waals surface area contributed by atoms with Crippen LogP contribution in [0.1, 0.15) is 17.5 Å². The summed E-state index contributed by atoms with van der Waals surface area (Å²) in [6, 6.07) is 13.9. The first-order valence-electron chi connectivity index (χ1n) is 10.3. The summed E-state index contributed by atoms with van der Waals surface area (Å²) < 4.78 is 29.7. The second kappa shape index (κ2) is 9.27. The average molecular weight is 441 g/mol. The van der Waals surface area contributed by atoms with Crippen molar-refractivity contribution in [1.29, 1.82) is 0 Å². The van der Waals surface area contributed by atoms with Crippen molar-refractivity contribution in [3.05, 3.63) is 60.1 Å². The predicted molar refractivity (Wildman–Crippen MR) is 117 cm³/mol. The van der Waals surface area contributed by atoms with Gasteiger partial charge in [0.25, 0.3) is 5.91 Å². The van der Waals surface area contributed by atoms with Crippen LogP contribution in [0.5, 0.6) is 0 Å². The van der Waals surface area contributed by atoms with Crippen LogP contribution in [0.25, 0.3) is 11.0 Å². The lowest BCUT2D eigenvalue weighted by molar-refractivity contribution is 0.0976. The number of carbonyl (C=O) groups excluding carboxylic acids is 2. The Hall–Kier alpha value is -3.59. The van der Waals surface area contributed by atoms with E-state index in [1.54, 1.807) is 24.3 Å². The number of nitrogens with zero attached hydrogens (tertiary/aromatic N) is 2. The number of carbonyl (C=O) groups is 2. The van der Waals surface area contributed by atoms with E-state index in [2.05, 4.69) is 0 Å². The molecule has 0 aliphatic carbocycles. The van der Waals surface area contributed by atoms with Gasteiger partial charge in [-0.3, -0.25) is 9.69 Å². The Kier molecular flexibility index (Phi) is 6.27. The van der Waals surface area contributed by atoms with E-state index >= 15 is 0 Å². The number of anilines is 2. The molecule has 0 unspecified atom stereocenters. The molecule has 3 aromatic rings. The first kappa shape index (κ1) is 21.6. The number of fused-ring (bicyclic) bond motifs is 1. The van der Waals surface area contributed by atoms with Gasteiger partial charge in [0.2, 0.25) is 0 Å². The van der Waals surface area contributed by atoms with E-state index in [-0.39, 0.29) is 17.7 Å². The van der Waals surface area contributed by atoms with E-state index in [4.69, 9.17) is 19.6 Å². The fourth-order valence-corrected chi connectivity index (χ4v) is 3.64. The third-order valence-corrected chi connectivity index (χ3v) is 5.23. The number of hydrogen-bond acceptors (Lipinski definition) is 6. The fraction of sp³-hybridized carbons (Fsp3) is 0.304. The molecule has 2 aromatic carbocycles. The summed E-state index contributed by atoms with van der Waals surface area (Å²) in [5.74, 6) is -0.654. The summed E-state index contributed by atoms with van der Waals surface area (Å²) in [6.45, 7) is 4.85. The number of para-hydroxylation sites is 1. The van der Waals surface area contributed by atoms with Gasteiger partial charge in [-0.2, -0.15) is 0 Å². The zero-order chi connectivity index (χ0) is 22.7. The second-order valence-corrected chi connectivity index (χ2v) is 7.55. The lowest BCUT2D eigenvalue weighted by Gasteiger charge is -2.29. The minimum atomic E-state index is -0.536. The largest absolute Gasteiger partial charge is 0.451 e. The summed E-state index contributed by atoms with van der Waals surface area (Å²) in [5.41, 5.74) is 6.82. The minimum absolute atomic E-state index is 0.163. The number of rotatable bonds is 3. The SMILES string of the molecule is C[C@H]1CN(c2ccc(N3CCOCC3)c(F)c2)C(=O)O1.NC(=O)c1cc2ccccc2o1. The van der Waals surface area contributed by atoms with E-state index < -0.39 is 12.0 Å². The number of benzene rings is 2. The minimum Gasteiger partial charge on any atom is -0.451 e. The molecule has 3 heterocycles. The predicted octanol–water partition coefficient (Wildman–Crippen LogP) is 3.54. The highest BCUT2D eigenvalue weighted by atomic mass is 19.1. The monoisotopic (exact) mass is 441 g/mol. The highest BCUT2D eigenvalue weighted by Crippen LogP contribution is 2.28. The molecule has 5 rings (SSSR count). The van der Waals surface area contributed by atoms with Crippen LogP contribution in [0.4, 0.5) is 20.6 Å². The number of ether oxygens (including phenoxy) is 2. The van der Waals surface area contributed by atoms with E-state index in [9.17, 15) is 14.0 Å². The number of amides is 2. The molecule has 1 atom stereocenters. The maximum absolute atomic E-state index is 14.3. The molecular formula is C23H24FN3O5. The number of morpholine rings is 1. The summed E-state index contributed by atoms with van der Waals surface area (Å²) in [7, 11) is 0. The third kappa shape index (κ3) is 4.67. The number of primary amides is 1. The summed E-state index contributed by atoms with van der Waals surface area (Å²) in [6.07, 6.45) is -0.583. The van der Waals surface area contributed by atoms with Gasteiger partial charge >= 0.3 is 6.09 Å². The Labute approximate surface area is 184 Å². The zero-order valence-electron chi connectivity index (χ0n) is 17.6. The number of cyclic esters (lactones) is 1. The number of hydrogen-bond donors (Lipinski definition) is 1. The van der Waals surface area contributed by atoms with Crippen LogP contribution in [0.2, 0.25) is 0 Å². The van der Waals surface area contributed by atoms with Crippen molar-refractivity contribution in [2.45, 2.75) is 13.0 Å². The molecule has 8 nitrogen and oxygen atoms in total. The summed E-state index contributed by atoms with van der Waals surface area (Å²) >= 11 is 0. The standard InChI is InChI=1S/C14H17FN2O3.C9H7NO2/c1-10-9-17(14(18)20-10)11-2-3-13(12(15)8-11)16-4-6-19-7-5-16;10-9(11)8-5-6-3-1-2-4-7(6)12-8/h2-3,8,10H,4-7,9H2,1H3;1-5H,(H2,10,11)/t10-;/m0./s1. The molecule has 2 aliphatic rings. The zero-order valence-corrected chi connectivity index (χ0v) is 17.6. The highest BCUT2D eigenvalue weighted by molar-refractivity contribution is 5.94. The van der Waals surface area contributed by atoms with E-state index in [1.165, 1.54) is 11.0 Å². The van der Waals surface area contributed by atoms with E-state index in [1.807, 2.05) is 30.0 Å². The molecule has 0 bridgehead atoms. The maximum atomic E-state index is 14.3. The molecule has 0 radical (unpaired) electrons. The fourth-order valence-electron chi connectivity index (χ4n) is 3.64. The Morgan fingerprint density at radius 3 is 2.50 bits per heavy atom. The van der Waals surface area contributed by atoms with Crippen LogP contribution in [0, 0.1) is 5.82 Å². The molecule has 2 saturated heterocycles. The van der Waals surface area contributed by atoms with E-state index in [0.717, 1.165) is 5.39 Å². The highest BCUT2D eigenvalue weighted by Gasteiger charge is 2.30. The molecule has 168 valence electrons. The summed E-state index contributed by atoms with van der Waals surface area (Å²) in [5, 5.41) is 0.895. The quantitative estimate of drug-likeness (QED) is 0.668. The average Bonchev–Trinajstić information content (AvgIpc) is 3.37. The number of nitrogens with two attached hydrogens (primary N) is 1. The molecule has 2 aliphatic heterocycles. The first-order valence-corrected chi connectivity index (χ1v) is 10.3. The summed E-state index contributed by atoms with van der Waals surface area (Å²) in [4.78, 5) is 25.7. The van der Waals surface area contributed by atoms with E-state index in [0.29, 0.717) is 49.8 Å². The molecule has 2 amide bonds. The molecule has 1 aromatic heterocycles. The van der Waals surface area contributed by atoms with Crippen LogP contribution in [-0.2, 0) is 9.47 Å². The molecule has 2 N–H and O–H groups in total. The van der Waals surface area contributed by atoms with Crippen LogP contribution in [0.3, 0.4) is 0 Å². The van der Waals surface area contributed by atoms with Gasteiger partial charge in [-0.1, -0.05) is 18.2 Å². The molecule has 9 heteroatoms. The lowest BCUT2D eigenvalue weighted by Crippen LogP contribution is -2.36. The Morgan fingerprint density at radius 2 is 1.88 bits per heavy atom. The Bertz CT molecular complexity index is 1090. The van der Waals surface area contributed by atoms with Gasteiger partial charge in [0.15, 0.2) is 5.76 Å². The van der Waals surface area contributed by atoms with Gasteiger partial charge in [0.1, 0.15) is 17.5 Å². The smallest absolute Gasteiger partial charge is 0.414 e. The Morgan fingerprint density at radius 1 is 1.12 bits per heavy atom. The first-order chi connectivity index (χ1) is 15.4. The molecule has 0 saturated carbocycles. The van der Waals surface area contributed by atoms with Crippen LogP contribution in [0.15, 0.2) is 52.9 Å². The van der Waals surface area contributed by atoms with Gasteiger partial charge in [-0.05, 0) is 37.3 Å². The topological polar surface area (TPSA) is 98.2 Å². The van der Waals surface area contributed by atoms with Gasteiger partial charge < -0.3 is 24.5 Å². The van der Waals surface area contributed by atoms with Crippen molar-refractivity contribution in [3.63, 3.8) is 0 Å². The molecule has 0 spiro atoms. The van der Waals surface area contributed by atoms with Gasteiger partial charge in [-0.25, -0.2) is 9.18 Å². The third-order valence-electron chi connectivity index (χ3n) is 5.23. The van der Waals surface area contributed by atoms with Crippen LogP contribution in [-0.4, -0.2) is 51.0 Å². The molecule has 32 heavy (non-hydrogen) atoms. The second-order valence-electron chi connectivity index (χ2n) is 7.55. The van der Waals surface area contributed by atoms with Crippen LogP contribution >= 0.6 is 0 Å². The lowest BCUT2D eigenvalue weighted by atomic mass is 10.2. The number of halogens is 1. The van der Waals surface area contributed by atoms with Crippen molar-refractivity contribution in [3.8, 4) is 0 Å². The van der Waals surface area contributed by atoms with Crippen molar-refractivity contribution >= 4 is 34.3 Å². The van der Waals surface area contributed by atoms with Crippen molar-refractivity contribution < 1.29 is 27.9 Å². The normalized spacial score (nSPS) is 18.3. The maximum Gasteiger partial charge on any atom is 0.414 e. The number of furan rings is 1. The van der Waals surface area contributed by atoms with Gasteiger partial charge in [-0.15, -0.1) is 0 Å².